The highest BCUT2D eigenvalue weighted by molar-refractivity contribution is 9.09. The van der Waals surface area contributed by atoms with Crippen molar-refractivity contribution in [2.45, 2.75) is 32.6 Å². The second kappa shape index (κ2) is 4.87. The average Bonchev–Trinajstić information content (AvgIpc) is 2.15. The van der Waals surface area contributed by atoms with Gasteiger partial charge in [-0.15, -0.1) is 0 Å². The van der Waals surface area contributed by atoms with E-state index in [-0.39, 0.29) is 11.6 Å². The molecule has 0 aromatic heterocycles. The molecule has 3 heteroatoms. The molecule has 0 N–H and O–H groups in total. The minimum absolute atomic E-state index is 0.105. The molecule has 1 aliphatic rings. The molecule has 0 saturated heterocycles. The summed E-state index contributed by atoms with van der Waals surface area (Å²) in [5, 5.41) is 0.769. The Balaban J connectivity index is 2.72. The first kappa shape index (κ1) is 11.6. The van der Waals surface area contributed by atoms with Crippen molar-refractivity contribution in [2.24, 2.45) is 5.41 Å². The van der Waals surface area contributed by atoms with Crippen LogP contribution in [-0.2, 0) is 9.59 Å². The smallest absolute Gasteiger partial charge is 0.146 e. The second-order valence-electron chi connectivity index (χ2n) is 3.86. The van der Waals surface area contributed by atoms with Crippen LogP contribution in [0.1, 0.15) is 32.6 Å². The SMILES string of the molecule is CC1(CC=CCBr)C(=O)CCCC1=O. The molecule has 0 aliphatic heterocycles. The molecule has 2 nitrogen and oxygen atoms in total. The van der Waals surface area contributed by atoms with Gasteiger partial charge >= 0.3 is 0 Å². The fourth-order valence-electron chi connectivity index (χ4n) is 1.73. The minimum Gasteiger partial charge on any atom is -0.299 e. The van der Waals surface area contributed by atoms with Gasteiger partial charge in [-0.2, -0.15) is 0 Å². The molecule has 1 saturated carbocycles. The number of allylic oxidation sites excluding steroid dienone is 2. The maximum absolute atomic E-state index is 11.7. The molecule has 0 atom stereocenters. The first-order valence-electron chi connectivity index (χ1n) is 4.89. The summed E-state index contributed by atoms with van der Waals surface area (Å²) in [6.07, 6.45) is 6.25. The zero-order valence-corrected chi connectivity index (χ0v) is 9.97. The lowest BCUT2D eigenvalue weighted by atomic mass is 9.71. The summed E-state index contributed by atoms with van der Waals surface area (Å²) in [6, 6.07) is 0. The van der Waals surface area contributed by atoms with Gasteiger partial charge in [0.15, 0.2) is 0 Å². The van der Waals surface area contributed by atoms with E-state index in [2.05, 4.69) is 15.9 Å². The fraction of sp³-hybridized carbons (Fsp3) is 0.636. The van der Waals surface area contributed by atoms with E-state index < -0.39 is 5.41 Å². The molecule has 78 valence electrons. The van der Waals surface area contributed by atoms with Crippen LogP contribution in [0.3, 0.4) is 0 Å². The third kappa shape index (κ3) is 2.32. The van der Waals surface area contributed by atoms with Gasteiger partial charge in [-0.05, 0) is 19.8 Å². The summed E-state index contributed by atoms with van der Waals surface area (Å²) in [7, 11) is 0. The number of alkyl halides is 1. The van der Waals surface area contributed by atoms with Crippen LogP contribution in [0.25, 0.3) is 0 Å². The highest BCUT2D eigenvalue weighted by Gasteiger charge is 2.41. The fourth-order valence-corrected chi connectivity index (χ4v) is 1.99. The van der Waals surface area contributed by atoms with E-state index >= 15 is 0 Å². The highest BCUT2D eigenvalue weighted by atomic mass is 79.9. The second-order valence-corrected chi connectivity index (χ2v) is 4.51. The van der Waals surface area contributed by atoms with Gasteiger partial charge < -0.3 is 0 Å². The Hall–Kier alpha value is -0.440. The van der Waals surface area contributed by atoms with Gasteiger partial charge in [0.25, 0.3) is 0 Å². The number of halogens is 1. The van der Waals surface area contributed by atoms with Crippen molar-refractivity contribution in [3.63, 3.8) is 0 Å². The van der Waals surface area contributed by atoms with Gasteiger partial charge in [0.2, 0.25) is 0 Å². The maximum atomic E-state index is 11.7. The van der Waals surface area contributed by atoms with Crippen molar-refractivity contribution >= 4 is 27.5 Å². The lowest BCUT2D eigenvalue weighted by Gasteiger charge is -2.29. The molecule has 0 bridgehead atoms. The summed E-state index contributed by atoms with van der Waals surface area (Å²) < 4.78 is 0. The molecule has 1 rings (SSSR count). The van der Waals surface area contributed by atoms with Gasteiger partial charge in [-0.25, -0.2) is 0 Å². The van der Waals surface area contributed by atoms with Crippen LogP contribution in [0.2, 0.25) is 0 Å². The predicted molar refractivity (Wildman–Crippen MR) is 59.5 cm³/mol. The molecule has 1 fully saturated rings. The Labute approximate surface area is 92.9 Å². The van der Waals surface area contributed by atoms with Crippen LogP contribution in [0.15, 0.2) is 12.2 Å². The third-order valence-corrected chi connectivity index (χ3v) is 3.19. The first-order chi connectivity index (χ1) is 6.61. The van der Waals surface area contributed by atoms with Crippen LogP contribution >= 0.6 is 15.9 Å². The minimum atomic E-state index is -0.739. The molecule has 0 amide bonds. The lowest BCUT2D eigenvalue weighted by molar-refractivity contribution is -0.142. The van der Waals surface area contributed by atoms with E-state index in [0.29, 0.717) is 19.3 Å². The Bertz CT molecular complexity index is 252. The van der Waals surface area contributed by atoms with Crippen LogP contribution in [0, 0.1) is 5.41 Å². The number of carbonyl (C=O) groups excluding carboxylic acids is 2. The molecule has 0 unspecified atom stereocenters. The molecule has 0 radical (unpaired) electrons. The van der Waals surface area contributed by atoms with E-state index in [1.165, 1.54) is 0 Å². The number of rotatable bonds is 3. The van der Waals surface area contributed by atoms with E-state index in [1.807, 2.05) is 12.2 Å². The largest absolute Gasteiger partial charge is 0.299 e. The molecule has 0 heterocycles. The van der Waals surface area contributed by atoms with Gasteiger partial charge in [-0.1, -0.05) is 28.1 Å². The molecule has 14 heavy (non-hydrogen) atoms. The summed E-state index contributed by atoms with van der Waals surface area (Å²) in [4.78, 5) is 23.3. The van der Waals surface area contributed by atoms with Crippen LogP contribution in [-0.4, -0.2) is 16.9 Å². The van der Waals surface area contributed by atoms with E-state index in [4.69, 9.17) is 0 Å². The normalized spacial score (nSPS) is 21.9. The number of hydrogen-bond acceptors (Lipinski definition) is 2. The summed E-state index contributed by atoms with van der Waals surface area (Å²) >= 11 is 3.27. The number of ketones is 2. The van der Waals surface area contributed by atoms with Crippen molar-refractivity contribution in [3.8, 4) is 0 Å². The Morgan fingerprint density at radius 3 is 2.36 bits per heavy atom. The monoisotopic (exact) mass is 258 g/mol. The average molecular weight is 259 g/mol. The van der Waals surface area contributed by atoms with Crippen molar-refractivity contribution in [2.75, 3.05) is 5.33 Å². The molecule has 0 aromatic carbocycles. The number of carbonyl (C=O) groups is 2. The van der Waals surface area contributed by atoms with Gasteiger partial charge in [0.05, 0.1) is 5.41 Å². The Kier molecular flexibility index (Phi) is 4.05. The standard InChI is InChI=1S/C11H15BrO2/c1-11(7-2-3-8-12)9(13)5-4-6-10(11)14/h2-3H,4-8H2,1H3. The molecule has 0 aromatic rings. The number of Topliss-reactive ketones (excluding diaryl/α,β-unsaturated/α-hetero) is 2. The van der Waals surface area contributed by atoms with Crippen molar-refractivity contribution in [1.82, 2.24) is 0 Å². The lowest BCUT2D eigenvalue weighted by Crippen LogP contribution is -2.39. The first-order valence-corrected chi connectivity index (χ1v) is 6.01. The van der Waals surface area contributed by atoms with Crippen molar-refractivity contribution in [1.29, 1.82) is 0 Å². The van der Waals surface area contributed by atoms with Crippen LogP contribution < -0.4 is 0 Å². The van der Waals surface area contributed by atoms with Crippen molar-refractivity contribution in [3.05, 3.63) is 12.2 Å². The molecule has 1 aliphatic carbocycles. The van der Waals surface area contributed by atoms with Gasteiger partial charge in [0.1, 0.15) is 11.6 Å². The maximum Gasteiger partial charge on any atom is 0.146 e. The van der Waals surface area contributed by atoms with Gasteiger partial charge in [-0.3, -0.25) is 9.59 Å². The summed E-state index contributed by atoms with van der Waals surface area (Å²) in [5.74, 6) is 0.209. The topological polar surface area (TPSA) is 34.1 Å². The quantitative estimate of drug-likeness (QED) is 0.443. The Morgan fingerprint density at radius 2 is 1.86 bits per heavy atom. The zero-order chi connectivity index (χ0) is 10.6. The highest BCUT2D eigenvalue weighted by Crippen LogP contribution is 2.33. The molecule has 0 spiro atoms. The molecular formula is C11H15BrO2. The van der Waals surface area contributed by atoms with E-state index in [0.717, 1.165) is 11.8 Å². The summed E-state index contributed by atoms with van der Waals surface area (Å²) in [5.41, 5.74) is -0.739. The van der Waals surface area contributed by atoms with E-state index in [9.17, 15) is 9.59 Å². The molecular weight excluding hydrogens is 244 g/mol. The van der Waals surface area contributed by atoms with Gasteiger partial charge in [0, 0.05) is 18.2 Å². The predicted octanol–water partition coefficient (Wildman–Crippen LogP) is 2.66. The van der Waals surface area contributed by atoms with Crippen LogP contribution in [0.5, 0.6) is 0 Å². The zero-order valence-electron chi connectivity index (χ0n) is 8.38. The van der Waals surface area contributed by atoms with Crippen LogP contribution in [0.4, 0.5) is 0 Å². The van der Waals surface area contributed by atoms with Crippen molar-refractivity contribution < 1.29 is 9.59 Å². The third-order valence-electron chi connectivity index (χ3n) is 2.82. The van der Waals surface area contributed by atoms with E-state index in [1.54, 1.807) is 6.92 Å². The number of hydrogen-bond donors (Lipinski definition) is 0. The summed E-state index contributed by atoms with van der Waals surface area (Å²) in [6.45, 7) is 1.77. The Morgan fingerprint density at radius 1 is 1.29 bits per heavy atom.